The van der Waals surface area contributed by atoms with Crippen LogP contribution in [-0.2, 0) is 0 Å². The lowest BCUT2D eigenvalue weighted by Gasteiger charge is -2.16. The van der Waals surface area contributed by atoms with Gasteiger partial charge < -0.3 is 5.73 Å². The third-order valence-corrected chi connectivity index (χ3v) is 8.82. The van der Waals surface area contributed by atoms with Crippen molar-refractivity contribution in [2.24, 2.45) is 11.7 Å². The Labute approximate surface area is 255 Å². The van der Waals surface area contributed by atoms with Gasteiger partial charge in [0, 0.05) is 0 Å². The van der Waals surface area contributed by atoms with E-state index in [1.165, 1.54) is 199 Å². The zero-order valence-electron chi connectivity index (χ0n) is 28.1. The van der Waals surface area contributed by atoms with Crippen LogP contribution in [0.4, 0.5) is 0 Å². The molecule has 0 amide bonds. The summed E-state index contributed by atoms with van der Waals surface area (Å²) in [5.74, 6) is 0.888. The number of hydrogen-bond acceptors (Lipinski definition) is 1. The van der Waals surface area contributed by atoms with Gasteiger partial charge in [0.1, 0.15) is 0 Å². The highest BCUT2D eigenvalue weighted by Gasteiger charge is 2.07. The minimum absolute atomic E-state index is 0.878. The van der Waals surface area contributed by atoms with Gasteiger partial charge in [-0.25, -0.2) is 0 Å². The minimum atomic E-state index is 0.878. The molecule has 0 aliphatic carbocycles. The third-order valence-electron chi connectivity index (χ3n) is 8.82. The SMILES string of the molecule is CCCCCCCC/C=C\CCCCCCCCC(CCN)CCCCCCCC/C=C\CCCCCCCC. The van der Waals surface area contributed by atoms with E-state index in [1.807, 2.05) is 0 Å². The van der Waals surface area contributed by atoms with Crippen molar-refractivity contribution >= 4 is 0 Å². The molecule has 0 rings (SSSR count). The highest BCUT2D eigenvalue weighted by atomic mass is 14.5. The van der Waals surface area contributed by atoms with Gasteiger partial charge in [-0.15, -0.1) is 0 Å². The summed E-state index contributed by atoms with van der Waals surface area (Å²) in [5.41, 5.74) is 5.94. The van der Waals surface area contributed by atoms with Crippen molar-refractivity contribution in [1.82, 2.24) is 0 Å². The molecule has 0 aliphatic heterocycles. The maximum Gasteiger partial charge on any atom is -0.00746 e. The number of allylic oxidation sites excluding steroid dienone is 4. The van der Waals surface area contributed by atoms with Gasteiger partial charge in [0.15, 0.2) is 0 Å². The van der Waals surface area contributed by atoms with Gasteiger partial charge >= 0.3 is 0 Å². The van der Waals surface area contributed by atoms with Crippen LogP contribution >= 0.6 is 0 Å². The number of rotatable bonds is 34. The van der Waals surface area contributed by atoms with Gasteiger partial charge in [0.05, 0.1) is 0 Å². The highest BCUT2D eigenvalue weighted by Crippen LogP contribution is 2.22. The first-order valence-corrected chi connectivity index (χ1v) is 18.8. The van der Waals surface area contributed by atoms with E-state index in [-0.39, 0.29) is 0 Å². The van der Waals surface area contributed by atoms with E-state index >= 15 is 0 Å². The molecule has 0 aliphatic rings. The van der Waals surface area contributed by atoms with Crippen molar-refractivity contribution in [2.45, 2.75) is 213 Å². The minimum Gasteiger partial charge on any atom is -0.330 e. The Morgan fingerprint density at radius 3 is 0.925 bits per heavy atom. The van der Waals surface area contributed by atoms with Gasteiger partial charge in [-0.3, -0.25) is 0 Å². The van der Waals surface area contributed by atoms with Crippen molar-refractivity contribution in [3.8, 4) is 0 Å². The molecule has 2 N–H and O–H groups in total. The lowest BCUT2D eigenvalue weighted by molar-refractivity contribution is 0.384. The molecule has 1 nitrogen and oxygen atoms in total. The van der Waals surface area contributed by atoms with E-state index in [0.717, 1.165) is 12.5 Å². The van der Waals surface area contributed by atoms with Crippen LogP contribution in [0.25, 0.3) is 0 Å². The second-order valence-corrected chi connectivity index (χ2v) is 12.9. The lowest BCUT2D eigenvalue weighted by Crippen LogP contribution is -2.09. The molecule has 0 radical (unpaired) electrons. The smallest absolute Gasteiger partial charge is 0.00746 e. The summed E-state index contributed by atoms with van der Waals surface area (Å²) in [5, 5.41) is 0. The molecule has 0 saturated heterocycles. The summed E-state index contributed by atoms with van der Waals surface area (Å²) in [7, 11) is 0. The summed E-state index contributed by atoms with van der Waals surface area (Å²) in [6.07, 6.45) is 53.0. The van der Waals surface area contributed by atoms with E-state index < -0.39 is 0 Å². The van der Waals surface area contributed by atoms with Crippen LogP contribution in [-0.4, -0.2) is 6.54 Å². The van der Waals surface area contributed by atoms with Crippen LogP contribution in [0, 0.1) is 5.92 Å². The number of nitrogens with two attached hydrogens (primary N) is 1. The normalized spacial score (nSPS) is 12.1. The molecule has 0 aromatic carbocycles. The predicted molar refractivity (Wildman–Crippen MR) is 185 cm³/mol. The molecule has 0 fully saturated rings. The molecule has 40 heavy (non-hydrogen) atoms. The van der Waals surface area contributed by atoms with Crippen LogP contribution in [0.3, 0.4) is 0 Å². The van der Waals surface area contributed by atoms with Crippen LogP contribution in [0.2, 0.25) is 0 Å². The second-order valence-electron chi connectivity index (χ2n) is 12.9. The molecule has 0 aromatic rings. The Balaban J connectivity index is 3.44. The van der Waals surface area contributed by atoms with Crippen molar-refractivity contribution < 1.29 is 0 Å². The molecule has 0 spiro atoms. The highest BCUT2D eigenvalue weighted by molar-refractivity contribution is 4.82. The summed E-state index contributed by atoms with van der Waals surface area (Å²) in [6.45, 7) is 5.47. The fraction of sp³-hybridized carbons (Fsp3) is 0.897. The summed E-state index contributed by atoms with van der Waals surface area (Å²) in [6, 6.07) is 0. The van der Waals surface area contributed by atoms with E-state index in [9.17, 15) is 0 Å². The molecule has 0 unspecified atom stereocenters. The van der Waals surface area contributed by atoms with Crippen molar-refractivity contribution in [2.75, 3.05) is 6.54 Å². The average molecular weight is 560 g/mol. The largest absolute Gasteiger partial charge is 0.330 e. The Morgan fingerprint density at radius 2 is 0.625 bits per heavy atom. The Morgan fingerprint density at radius 1 is 0.350 bits per heavy atom. The molecule has 0 saturated carbocycles. The van der Waals surface area contributed by atoms with E-state index in [4.69, 9.17) is 5.73 Å². The topological polar surface area (TPSA) is 26.0 Å². The molecular formula is C39H77N. The predicted octanol–water partition coefficient (Wildman–Crippen LogP) is 13.8. The molecule has 0 aromatic heterocycles. The monoisotopic (exact) mass is 560 g/mol. The zero-order chi connectivity index (χ0) is 29.0. The fourth-order valence-corrected chi connectivity index (χ4v) is 6.03. The standard InChI is InChI=1S/C39H77N/c1-3-5-7-9-11-13-15-17-19-21-23-25-27-29-31-33-35-39(37-38-40)36-34-32-30-28-26-24-22-20-18-16-14-12-10-8-6-4-2/h17-20,39H,3-16,21-38,40H2,1-2H3/b19-17-,20-18-. The third kappa shape index (κ3) is 33.6. The van der Waals surface area contributed by atoms with Crippen molar-refractivity contribution in [3.05, 3.63) is 24.3 Å². The molecule has 0 heterocycles. The first-order valence-electron chi connectivity index (χ1n) is 18.8. The van der Waals surface area contributed by atoms with Crippen molar-refractivity contribution in [1.29, 1.82) is 0 Å². The van der Waals surface area contributed by atoms with E-state index in [2.05, 4.69) is 38.2 Å². The maximum absolute atomic E-state index is 5.94. The Hall–Kier alpha value is -0.560. The van der Waals surface area contributed by atoms with Crippen LogP contribution in [0.15, 0.2) is 24.3 Å². The zero-order valence-corrected chi connectivity index (χ0v) is 28.1. The molecular weight excluding hydrogens is 482 g/mol. The summed E-state index contributed by atoms with van der Waals surface area (Å²) < 4.78 is 0. The van der Waals surface area contributed by atoms with Gasteiger partial charge in [0.2, 0.25) is 0 Å². The first kappa shape index (κ1) is 39.4. The number of hydrogen-bond donors (Lipinski definition) is 1. The first-order chi connectivity index (χ1) is 19.8. The maximum atomic E-state index is 5.94. The molecule has 0 bridgehead atoms. The van der Waals surface area contributed by atoms with Crippen LogP contribution in [0.5, 0.6) is 0 Å². The van der Waals surface area contributed by atoms with Gasteiger partial charge in [-0.2, -0.15) is 0 Å². The number of unbranched alkanes of at least 4 members (excludes halogenated alkanes) is 24. The molecule has 238 valence electrons. The summed E-state index contributed by atoms with van der Waals surface area (Å²) in [4.78, 5) is 0. The van der Waals surface area contributed by atoms with Crippen LogP contribution in [0.1, 0.15) is 213 Å². The van der Waals surface area contributed by atoms with E-state index in [0.29, 0.717) is 0 Å². The average Bonchev–Trinajstić information content (AvgIpc) is 2.96. The Kier molecular flexibility index (Phi) is 36.0. The molecule has 0 atom stereocenters. The quantitative estimate of drug-likeness (QED) is 0.0615. The van der Waals surface area contributed by atoms with Gasteiger partial charge in [0.25, 0.3) is 0 Å². The van der Waals surface area contributed by atoms with E-state index in [1.54, 1.807) is 0 Å². The summed E-state index contributed by atoms with van der Waals surface area (Å²) >= 11 is 0. The van der Waals surface area contributed by atoms with Gasteiger partial charge in [-0.05, 0) is 70.3 Å². The molecule has 1 heteroatoms. The van der Waals surface area contributed by atoms with Crippen LogP contribution < -0.4 is 5.73 Å². The second kappa shape index (κ2) is 36.5. The van der Waals surface area contributed by atoms with Crippen molar-refractivity contribution in [3.63, 3.8) is 0 Å². The Bertz CT molecular complexity index is 451. The van der Waals surface area contributed by atoms with Gasteiger partial charge in [-0.1, -0.05) is 179 Å². The lowest BCUT2D eigenvalue weighted by atomic mass is 9.91. The fourth-order valence-electron chi connectivity index (χ4n) is 6.03.